The molecule has 1 aromatic carbocycles. The minimum Gasteiger partial charge on any atom is -0.497 e. The number of amidine groups is 1. The van der Waals surface area contributed by atoms with E-state index in [2.05, 4.69) is 6.58 Å². The smallest absolute Gasteiger partial charge is 0.338 e. The van der Waals surface area contributed by atoms with E-state index in [4.69, 9.17) is 23.9 Å². The number of aliphatic imine (C=N–C) groups is 1. The van der Waals surface area contributed by atoms with Gasteiger partial charge < -0.3 is 28.7 Å². The standard InChI is InChI=1S/C29H35N3O7S/c1-6-13-39-28(35)25-18(3)30-29-32(26(25)22-15-21(36-4)10-11-23(22)37-5)20(17-40-29)14-24(33)31-12-8-9-19(16-31)27(34)38-7-2/h6,10-11,15,17,19,26H,1,7-9,12-14,16H2,2-5H3/t19-,26-/m0/s1. The fourth-order valence-corrected chi connectivity index (χ4v) is 6.08. The van der Waals surface area contributed by atoms with Crippen LogP contribution in [0.5, 0.6) is 11.5 Å². The van der Waals surface area contributed by atoms with Crippen LogP contribution in [-0.2, 0) is 23.9 Å². The Bertz CT molecular complexity index is 1270. The summed E-state index contributed by atoms with van der Waals surface area (Å²) >= 11 is 1.39. The van der Waals surface area contributed by atoms with Gasteiger partial charge in [-0.1, -0.05) is 24.4 Å². The van der Waals surface area contributed by atoms with Crippen molar-refractivity contribution in [2.24, 2.45) is 10.9 Å². The number of carbonyl (C=O) groups is 3. The summed E-state index contributed by atoms with van der Waals surface area (Å²) in [5.74, 6) is -0.115. The van der Waals surface area contributed by atoms with Crippen molar-refractivity contribution in [3.63, 3.8) is 0 Å². The van der Waals surface area contributed by atoms with Crippen molar-refractivity contribution in [3.05, 3.63) is 58.8 Å². The Labute approximate surface area is 238 Å². The highest BCUT2D eigenvalue weighted by Crippen LogP contribution is 2.47. The zero-order valence-electron chi connectivity index (χ0n) is 23.3. The topological polar surface area (TPSA) is 107 Å². The second kappa shape index (κ2) is 13.1. The zero-order chi connectivity index (χ0) is 28.8. The number of benzene rings is 1. The van der Waals surface area contributed by atoms with E-state index >= 15 is 0 Å². The molecule has 0 aromatic heterocycles. The second-order valence-electron chi connectivity index (χ2n) is 9.50. The Morgan fingerprint density at radius 1 is 1.20 bits per heavy atom. The summed E-state index contributed by atoms with van der Waals surface area (Å²) in [6, 6.07) is 4.69. The van der Waals surface area contributed by atoms with E-state index in [0.29, 0.717) is 65.3 Å². The highest BCUT2D eigenvalue weighted by Gasteiger charge is 2.43. The molecule has 0 bridgehead atoms. The molecule has 1 saturated heterocycles. The number of likely N-dealkylation sites (tertiary alicyclic amines) is 1. The van der Waals surface area contributed by atoms with Crippen molar-refractivity contribution in [2.45, 2.75) is 39.2 Å². The van der Waals surface area contributed by atoms with Crippen LogP contribution >= 0.6 is 11.8 Å². The lowest BCUT2D eigenvalue weighted by molar-refractivity contribution is -0.151. The normalized spacial score (nSPS) is 20.3. The summed E-state index contributed by atoms with van der Waals surface area (Å²) in [7, 11) is 3.13. The first-order chi connectivity index (χ1) is 19.3. The van der Waals surface area contributed by atoms with Crippen LogP contribution in [0.15, 0.2) is 58.2 Å². The van der Waals surface area contributed by atoms with E-state index in [0.717, 1.165) is 6.42 Å². The average molecular weight is 570 g/mol. The molecule has 0 radical (unpaired) electrons. The number of amides is 1. The van der Waals surface area contributed by atoms with E-state index in [9.17, 15) is 14.4 Å². The number of hydrogen-bond acceptors (Lipinski definition) is 10. The largest absolute Gasteiger partial charge is 0.497 e. The predicted octanol–water partition coefficient (Wildman–Crippen LogP) is 4.20. The van der Waals surface area contributed by atoms with Crippen LogP contribution in [0.4, 0.5) is 0 Å². The Morgan fingerprint density at radius 3 is 2.70 bits per heavy atom. The molecule has 3 aliphatic rings. The minimum atomic E-state index is -0.683. The molecule has 0 N–H and O–H groups in total. The summed E-state index contributed by atoms with van der Waals surface area (Å²) in [6.07, 6.45) is 3.00. The number of methoxy groups -OCH3 is 2. The van der Waals surface area contributed by atoms with Gasteiger partial charge in [-0.3, -0.25) is 9.59 Å². The first-order valence-corrected chi connectivity index (χ1v) is 14.1. The molecule has 1 amide bonds. The highest BCUT2D eigenvalue weighted by molar-refractivity contribution is 8.16. The molecule has 11 heteroatoms. The Hall–Kier alpha value is -3.73. The summed E-state index contributed by atoms with van der Waals surface area (Å²) in [4.78, 5) is 47.6. The van der Waals surface area contributed by atoms with Crippen molar-refractivity contribution < 1.29 is 33.3 Å². The van der Waals surface area contributed by atoms with Crippen LogP contribution < -0.4 is 9.47 Å². The molecule has 4 rings (SSSR count). The zero-order valence-corrected chi connectivity index (χ0v) is 24.1. The minimum absolute atomic E-state index is 0.0423. The number of hydrogen-bond donors (Lipinski definition) is 0. The summed E-state index contributed by atoms with van der Waals surface area (Å²) in [5.41, 5.74) is 2.19. The van der Waals surface area contributed by atoms with E-state index in [1.807, 2.05) is 16.4 Å². The lowest BCUT2D eigenvalue weighted by Crippen LogP contribution is -2.44. The maximum absolute atomic E-state index is 13.5. The summed E-state index contributed by atoms with van der Waals surface area (Å²) in [5, 5.41) is 2.52. The van der Waals surface area contributed by atoms with E-state index < -0.39 is 12.0 Å². The number of piperidine rings is 1. The van der Waals surface area contributed by atoms with E-state index in [1.54, 1.807) is 45.1 Å². The number of nitrogens with zero attached hydrogens (tertiary/aromatic N) is 3. The van der Waals surface area contributed by atoms with E-state index in [1.165, 1.54) is 17.8 Å². The van der Waals surface area contributed by atoms with Gasteiger partial charge in [0.1, 0.15) is 18.1 Å². The lowest BCUT2D eigenvalue weighted by Gasteiger charge is -2.37. The van der Waals surface area contributed by atoms with Crippen molar-refractivity contribution >= 4 is 34.8 Å². The quantitative estimate of drug-likeness (QED) is 0.303. The molecule has 1 aromatic rings. The van der Waals surface area contributed by atoms with Crippen molar-refractivity contribution in [1.82, 2.24) is 9.80 Å². The Balaban J connectivity index is 1.68. The number of rotatable bonds is 10. The number of ether oxygens (including phenoxy) is 4. The monoisotopic (exact) mass is 569 g/mol. The van der Waals surface area contributed by atoms with Crippen LogP contribution in [-0.4, -0.2) is 73.3 Å². The molecule has 0 spiro atoms. The number of esters is 2. The van der Waals surface area contributed by atoms with Crippen LogP contribution in [0.1, 0.15) is 44.7 Å². The molecule has 0 unspecified atom stereocenters. The van der Waals surface area contributed by atoms with Gasteiger partial charge >= 0.3 is 11.9 Å². The predicted molar refractivity (Wildman–Crippen MR) is 152 cm³/mol. The molecule has 40 heavy (non-hydrogen) atoms. The molecule has 10 nitrogen and oxygen atoms in total. The fraction of sp³-hybridized carbons (Fsp3) is 0.448. The van der Waals surface area contributed by atoms with Crippen LogP contribution in [0.3, 0.4) is 0 Å². The van der Waals surface area contributed by atoms with Crippen LogP contribution in [0.25, 0.3) is 0 Å². The molecule has 2 atom stereocenters. The number of carbonyl (C=O) groups excluding carboxylic acids is 3. The number of thioether (sulfide) groups is 1. The summed E-state index contributed by atoms with van der Waals surface area (Å²) in [6.45, 7) is 8.43. The SMILES string of the molecule is C=CCOC(=O)C1=C(C)N=C2SC=C(CC(=O)N3CCC[C@H](C(=O)OCC)C3)N2[C@H]1c1cc(OC)ccc1OC. The van der Waals surface area contributed by atoms with Crippen molar-refractivity contribution in [3.8, 4) is 11.5 Å². The second-order valence-corrected chi connectivity index (χ2v) is 10.3. The molecule has 1 fully saturated rings. The number of fused-ring (bicyclic) bond motifs is 1. The molecule has 214 valence electrons. The first-order valence-electron chi connectivity index (χ1n) is 13.2. The average Bonchev–Trinajstić information content (AvgIpc) is 3.36. The van der Waals surface area contributed by atoms with Gasteiger partial charge in [0.25, 0.3) is 0 Å². The molecular formula is C29H35N3O7S. The molecule has 0 saturated carbocycles. The summed E-state index contributed by atoms with van der Waals surface area (Å²) < 4.78 is 21.9. The Morgan fingerprint density at radius 2 is 2.00 bits per heavy atom. The maximum atomic E-state index is 13.5. The molecular weight excluding hydrogens is 534 g/mol. The van der Waals surface area contributed by atoms with Gasteiger partial charge in [-0.2, -0.15) is 0 Å². The molecule has 0 aliphatic carbocycles. The van der Waals surface area contributed by atoms with Gasteiger partial charge in [0, 0.05) is 24.4 Å². The first kappa shape index (κ1) is 29.3. The van der Waals surface area contributed by atoms with Crippen molar-refractivity contribution in [2.75, 3.05) is 40.5 Å². The van der Waals surface area contributed by atoms with Gasteiger partial charge in [-0.05, 0) is 50.3 Å². The third kappa shape index (κ3) is 6.04. The Kier molecular flexibility index (Phi) is 9.57. The lowest BCUT2D eigenvalue weighted by atomic mass is 9.92. The van der Waals surface area contributed by atoms with Gasteiger partial charge in [0.2, 0.25) is 5.91 Å². The fourth-order valence-electron chi connectivity index (χ4n) is 5.11. The third-order valence-electron chi connectivity index (χ3n) is 7.01. The molecule has 3 heterocycles. The van der Waals surface area contributed by atoms with Crippen LogP contribution in [0.2, 0.25) is 0 Å². The van der Waals surface area contributed by atoms with Gasteiger partial charge in [-0.15, -0.1) is 0 Å². The maximum Gasteiger partial charge on any atom is 0.338 e. The molecule has 3 aliphatic heterocycles. The van der Waals surface area contributed by atoms with Gasteiger partial charge in [0.05, 0.1) is 50.5 Å². The van der Waals surface area contributed by atoms with E-state index in [-0.39, 0.29) is 30.8 Å². The van der Waals surface area contributed by atoms with Crippen molar-refractivity contribution in [1.29, 1.82) is 0 Å². The van der Waals surface area contributed by atoms with Gasteiger partial charge in [0.15, 0.2) is 5.17 Å². The van der Waals surface area contributed by atoms with Crippen LogP contribution in [0, 0.1) is 5.92 Å². The number of allylic oxidation sites excluding steroid dienone is 1. The third-order valence-corrected chi connectivity index (χ3v) is 7.90. The van der Waals surface area contributed by atoms with Gasteiger partial charge in [-0.25, -0.2) is 9.79 Å². The highest BCUT2D eigenvalue weighted by atomic mass is 32.2.